The van der Waals surface area contributed by atoms with Crippen molar-refractivity contribution in [1.29, 1.82) is 0 Å². The summed E-state index contributed by atoms with van der Waals surface area (Å²) in [5, 5.41) is 26.8. The van der Waals surface area contributed by atoms with Crippen molar-refractivity contribution in [1.82, 2.24) is 5.32 Å². The van der Waals surface area contributed by atoms with Crippen LogP contribution in [0.5, 0.6) is 0 Å². The summed E-state index contributed by atoms with van der Waals surface area (Å²) in [5.74, 6) is -4.33. The summed E-state index contributed by atoms with van der Waals surface area (Å²) in [6, 6.07) is 0. The normalized spacial score (nSPS) is 16.2. The lowest BCUT2D eigenvalue weighted by atomic mass is 10.1. The number of thioether (sulfide) groups is 1. The fourth-order valence-corrected chi connectivity index (χ4v) is 1.00. The van der Waals surface area contributed by atoms with E-state index in [4.69, 9.17) is 10.2 Å². The Bertz CT molecular complexity index is 289. The van der Waals surface area contributed by atoms with E-state index in [0.717, 1.165) is 18.7 Å². The highest BCUT2D eigenvalue weighted by Gasteiger charge is 2.40. The average molecular weight is 237 g/mol. The van der Waals surface area contributed by atoms with Crippen LogP contribution in [0, 0.1) is 0 Å². The molecule has 0 aromatic heterocycles. The Balaban J connectivity index is 4.61. The molecule has 0 bridgehead atoms. The smallest absolute Gasteiger partial charge is 0.345 e. The largest absolute Gasteiger partial charge is 0.479 e. The fraction of sp³-hybridized carbons (Fsp3) is 0.571. The third kappa shape index (κ3) is 3.40. The van der Waals surface area contributed by atoms with Gasteiger partial charge < -0.3 is 20.6 Å². The summed E-state index contributed by atoms with van der Waals surface area (Å²) in [4.78, 5) is 32.1. The van der Waals surface area contributed by atoms with E-state index in [0.29, 0.717) is 0 Å². The minimum absolute atomic E-state index is 0.768. The number of amides is 1. The Morgan fingerprint density at radius 2 is 1.80 bits per heavy atom. The number of hydrogen-bond acceptors (Lipinski definition) is 5. The van der Waals surface area contributed by atoms with E-state index < -0.39 is 28.8 Å². The number of nitrogens with one attached hydrogen (secondary N) is 1. The van der Waals surface area contributed by atoms with Crippen LogP contribution < -0.4 is 5.32 Å². The standard InChI is InChI=1S/C7H11NO6S/c1-7(14,6(12)13)5(11)8-3(15-2)4(9)10/h3,14H,1-2H3,(H,8,11)(H,9,10)(H,12,13). The lowest BCUT2D eigenvalue weighted by molar-refractivity contribution is -0.165. The van der Waals surface area contributed by atoms with Crippen molar-refractivity contribution in [2.75, 3.05) is 6.26 Å². The number of aliphatic hydroxyl groups is 1. The van der Waals surface area contributed by atoms with Gasteiger partial charge in [0.1, 0.15) is 0 Å². The van der Waals surface area contributed by atoms with E-state index in [1.165, 1.54) is 6.26 Å². The third-order valence-corrected chi connectivity index (χ3v) is 2.37. The van der Waals surface area contributed by atoms with Gasteiger partial charge in [-0.1, -0.05) is 0 Å². The van der Waals surface area contributed by atoms with Crippen LogP contribution in [0.25, 0.3) is 0 Å². The lowest BCUT2D eigenvalue weighted by Crippen LogP contribution is -2.53. The molecule has 0 aliphatic carbocycles. The van der Waals surface area contributed by atoms with Crippen molar-refractivity contribution >= 4 is 29.6 Å². The van der Waals surface area contributed by atoms with Crippen LogP contribution in [0.2, 0.25) is 0 Å². The van der Waals surface area contributed by atoms with Crippen molar-refractivity contribution < 1.29 is 29.7 Å². The summed E-state index contributed by atoms with van der Waals surface area (Å²) < 4.78 is 0. The molecule has 2 unspecified atom stereocenters. The van der Waals surface area contributed by atoms with Gasteiger partial charge in [0.15, 0.2) is 5.37 Å². The van der Waals surface area contributed by atoms with Crippen LogP contribution in [0.15, 0.2) is 0 Å². The van der Waals surface area contributed by atoms with Crippen molar-refractivity contribution in [2.24, 2.45) is 0 Å². The first kappa shape index (κ1) is 13.7. The minimum atomic E-state index is -2.64. The number of aliphatic carboxylic acids is 2. The highest BCUT2D eigenvalue weighted by Crippen LogP contribution is 2.08. The maximum absolute atomic E-state index is 11.2. The Morgan fingerprint density at radius 3 is 2.07 bits per heavy atom. The summed E-state index contributed by atoms with van der Waals surface area (Å²) in [7, 11) is 0. The molecule has 7 nitrogen and oxygen atoms in total. The second kappa shape index (κ2) is 4.99. The maximum atomic E-state index is 11.2. The molecule has 0 saturated heterocycles. The van der Waals surface area contributed by atoms with Crippen molar-refractivity contribution in [3.63, 3.8) is 0 Å². The van der Waals surface area contributed by atoms with Crippen LogP contribution in [0.1, 0.15) is 6.92 Å². The van der Waals surface area contributed by atoms with E-state index >= 15 is 0 Å². The van der Waals surface area contributed by atoms with Crippen LogP contribution in [-0.2, 0) is 14.4 Å². The van der Waals surface area contributed by atoms with Gasteiger partial charge >= 0.3 is 11.9 Å². The van der Waals surface area contributed by atoms with Crippen molar-refractivity contribution in [2.45, 2.75) is 17.9 Å². The molecule has 0 rings (SSSR count). The Morgan fingerprint density at radius 1 is 1.33 bits per heavy atom. The van der Waals surface area contributed by atoms with Gasteiger partial charge in [-0.25, -0.2) is 9.59 Å². The minimum Gasteiger partial charge on any atom is -0.479 e. The van der Waals surface area contributed by atoms with E-state index in [1.54, 1.807) is 0 Å². The maximum Gasteiger partial charge on any atom is 0.345 e. The zero-order valence-electron chi connectivity index (χ0n) is 8.05. The second-order valence-electron chi connectivity index (χ2n) is 2.80. The van der Waals surface area contributed by atoms with Crippen molar-refractivity contribution in [3.8, 4) is 0 Å². The topological polar surface area (TPSA) is 124 Å². The second-order valence-corrected chi connectivity index (χ2v) is 3.75. The van der Waals surface area contributed by atoms with Gasteiger partial charge in [0, 0.05) is 0 Å². The first-order valence-electron chi connectivity index (χ1n) is 3.75. The summed E-state index contributed by atoms with van der Waals surface area (Å²) in [6.07, 6.45) is 1.43. The quantitative estimate of drug-likeness (QED) is 0.346. The van der Waals surface area contributed by atoms with Gasteiger partial charge in [0.05, 0.1) is 0 Å². The highest BCUT2D eigenvalue weighted by atomic mass is 32.2. The molecule has 0 saturated carbocycles. The van der Waals surface area contributed by atoms with Gasteiger partial charge in [0.25, 0.3) is 5.91 Å². The SMILES string of the molecule is CSC(NC(=O)C(C)(O)C(=O)O)C(=O)O. The molecular formula is C7H11NO6S. The number of carboxylic acids is 2. The van der Waals surface area contributed by atoms with Gasteiger partial charge in [-0.2, -0.15) is 0 Å². The molecule has 0 heterocycles. The number of carbonyl (C=O) groups excluding carboxylic acids is 1. The molecule has 8 heteroatoms. The van der Waals surface area contributed by atoms with Gasteiger partial charge in [-0.15, -0.1) is 11.8 Å². The van der Waals surface area contributed by atoms with E-state index in [9.17, 15) is 19.5 Å². The Hall–Kier alpha value is -1.28. The molecule has 0 aromatic carbocycles. The molecule has 86 valence electrons. The van der Waals surface area contributed by atoms with E-state index in [2.05, 4.69) is 0 Å². The summed E-state index contributed by atoms with van der Waals surface area (Å²) in [6.45, 7) is 0.768. The molecule has 15 heavy (non-hydrogen) atoms. The number of hydrogen-bond donors (Lipinski definition) is 4. The highest BCUT2D eigenvalue weighted by molar-refractivity contribution is 7.99. The molecule has 0 spiro atoms. The summed E-state index contributed by atoms with van der Waals surface area (Å²) in [5.41, 5.74) is -2.64. The van der Waals surface area contributed by atoms with Crippen LogP contribution in [0.4, 0.5) is 0 Å². The first-order chi connectivity index (χ1) is 6.73. The monoisotopic (exact) mass is 237 g/mol. The average Bonchev–Trinajstić information content (AvgIpc) is 2.12. The number of carboxylic acid groups (broad SMARTS) is 2. The third-order valence-electron chi connectivity index (χ3n) is 1.58. The van der Waals surface area contributed by atoms with Crippen molar-refractivity contribution in [3.05, 3.63) is 0 Å². The summed E-state index contributed by atoms with van der Waals surface area (Å²) >= 11 is 0.799. The molecule has 0 fully saturated rings. The van der Waals surface area contributed by atoms with Gasteiger partial charge in [-0.3, -0.25) is 4.79 Å². The number of rotatable bonds is 5. The van der Waals surface area contributed by atoms with E-state index in [-0.39, 0.29) is 0 Å². The molecule has 0 aliphatic heterocycles. The molecule has 0 radical (unpaired) electrons. The zero-order valence-corrected chi connectivity index (χ0v) is 8.87. The molecule has 4 N–H and O–H groups in total. The lowest BCUT2D eigenvalue weighted by Gasteiger charge is -2.19. The zero-order chi connectivity index (χ0) is 12.2. The van der Waals surface area contributed by atoms with E-state index in [1.807, 2.05) is 5.32 Å². The van der Waals surface area contributed by atoms with Crippen LogP contribution >= 0.6 is 11.8 Å². The molecule has 1 amide bonds. The molecule has 0 aromatic rings. The predicted octanol–water partition coefficient (Wildman–Crippen LogP) is -1.29. The van der Waals surface area contributed by atoms with Gasteiger partial charge in [-0.05, 0) is 13.2 Å². The van der Waals surface area contributed by atoms with Crippen LogP contribution in [0.3, 0.4) is 0 Å². The Labute approximate surface area is 89.5 Å². The molecule has 0 aliphatic rings. The van der Waals surface area contributed by atoms with Gasteiger partial charge in [0.2, 0.25) is 5.60 Å². The fourth-order valence-electron chi connectivity index (χ4n) is 0.578. The molecular weight excluding hydrogens is 226 g/mol. The number of carbonyl (C=O) groups is 3. The molecule has 2 atom stereocenters. The predicted molar refractivity (Wildman–Crippen MR) is 51.3 cm³/mol. The first-order valence-corrected chi connectivity index (χ1v) is 5.04. The van der Waals surface area contributed by atoms with Crippen LogP contribution in [-0.4, -0.2) is 50.4 Å². The Kier molecular flexibility index (Phi) is 4.56.